The van der Waals surface area contributed by atoms with E-state index in [2.05, 4.69) is 20.3 Å². The van der Waals surface area contributed by atoms with Crippen molar-refractivity contribution in [2.75, 3.05) is 11.6 Å². The molecule has 3 heterocycles. The Morgan fingerprint density at radius 2 is 1.81 bits per heavy atom. The number of nitrogens with one attached hydrogen (secondary N) is 1. The van der Waals surface area contributed by atoms with Gasteiger partial charge in [0.05, 0.1) is 10.6 Å². The lowest BCUT2D eigenvalue weighted by Crippen LogP contribution is -2.12. The van der Waals surface area contributed by atoms with Crippen LogP contribution in [0.25, 0.3) is 22.6 Å². The Labute approximate surface area is 182 Å². The second kappa shape index (κ2) is 8.05. The molecule has 31 heavy (non-hydrogen) atoms. The molecule has 0 radical (unpaired) electrons. The summed E-state index contributed by atoms with van der Waals surface area (Å²) in [6.45, 7) is 3.58. The molecular formula is C21H18N4O4S2. The normalized spacial score (nSPS) is 11.5. The zero-order chi connectivity index (χ0) is 22.2. The minimum atomic E-state index is -3.32. The van der Waals surface area contributed by atoms with Crippen LogP contribution in [0.15, 0.2) is 57.3 Å². The van der Waals surface area contributed by atoms with E-state index in [9.17, 15) is 13.2 Å². The molecule has 0 aliphatic rings. The van der Waals surface area contributed by atoms with Crippen molar-refractivity contribution in [3.63, 3.8) is 0 Å². The molecule has 1 amide bonds. The second-order valence-electron chi connectivity index (χ2n) is 6.87. The minimum Gasteiger partial charge on any atom is -0.435 e. The van der Waals surface area contributed by atoms with E-state index in [1.54, 1.807) is 25.3 Å². The van der Waals surface area contributed by atoms with Crippen molar-refractivity contribution in [1.82, 2.24) is 15.0 Å². The maximum atomic E-state index is 12.9. The van der Waals surface area contributed by atoms with E-state index in [0.29, 0.717) is 28.0 Å². The van der Waals surface area contributed by atoms with Gasteiger partial charge >= 0.3 is 0 Å². The molecule has 0 fully saturated rings. The molecule has 0 saturated heterocycles. The van der Waals surface area contributed by atoms with E-state index >= 15 is 0 Å². The predicted octanol–water partition coefficient (Wildman–Crippen LogP) is 4.13. The molecule has 0 atom stereocenters. The monoisotopic (exact) mass is 454 g/mol. The fourth-order valence-corrected chi connectivity index (χ4v) is 4.30. The standard InChI is InChI=1S/C21H18N4O4S2/c1-12-5-4-10-22-17(12)16-11-30-21(24-16)25-20(26)19-18(23-13(2)29-19)14-6-8-15(9-7-14)31(3,27)28/h4-11H,1-3H3,(H,24,25,26). The summed E-state index contributed by atoms with van der Waals surface area (Å²) in [5.41, 5.74) is 3.30. The second-order valence-corrected chi connectivity index (χ2v) is 9.74. The first-order valence-corrected chi connectivity index (χ1v) is 12.0. The lowest BCUT2D eigenvalue weighted by Gasteiger charge is -2.03. The lowest BCUT2D eigenvalue weighted by atomic mass is 10.1. The Morgan fingerprint density at radius 1 is 1.06 bits per heavy atom. The van der Waals surface area contributed by atoms with Crippen molar-refractivity contribution in [1.29, 1.82) is 0 Å². The molecule has 0 spiro atoms. The van der Waals surface area contributed by atoms with Gasteiger partial charge in [-0.1, -0.05) is 18.2 Å². The third kappa shape index (κ3) is 4.39. The summed E-state index contributed by atoms with van der Waals surface area (Å²) < 4.78 is 28.9. The number of aryl methyl sites for hydroxylation is 2. The molecule has 4 rings (SSSR count). The van der Waals surface area contributed by atoms with Crippen molar-refractivity contribution in [3.8, 4) is 22.6 Å². The van der Waals surface area contributed by atoms with Gasteiger partial charge < -0.3 is 4.42 Å². The Hall–Kier alpha value is -3.37. The van der Waals surface area contributed by atoms with Crippen LogP contribution in [0.4, 0.5) is 5.13 Å². The highest BCUT2D eigenvalue weighted by Crippen LogP contribution is 2.28. The molecular weight excluding hydrogens is 436 g/mol. The number of sulfone groups is 1. The van der Waals surface area contributed by atoms with Crippen molar-refractivity contribution < 1.29 is 17.6 Å². The highest BCUT2D eigenvalue weighted by molar-refractivity contribution is 7.90. The summed E-state index contributed by atoms with van der Waals surface area (Å²) in [6.07, 6.45) is 2.83. The van der Waals surface area contributed by atoms with E-state index in [1.807, 2.05) is 24.4 Å². The number of hydrogen-bond acceptors (Lipinski definition) is 8. The van der Waals surface area contributed by atoms with Gasteiger partial charge in [-0.3, -0.25) is 15.1 Å². The van der Waals surface area contributed by atoms with E-state index in [1.165, 1.54) is 23.5 Å². The first-order chi connectivity index (χ1) is 14.7. The zero-order valence-corrected chi connectivity index (χ0v) is 18.5. The molecule has 4 aromatic rings. The van der Waals surface area contributed by atoms with Crippen LogP contribution in [0.2, 0.25) is 0 Å². The van der Waals surface area contributed by atoms with Crippen molar-refractivity contribution in [2.24, 2.45) is 0 Å². The number of thiazole rings is 1. The van der Waals surface area contributed by atoms with Crippen LogP contribution in [-0.2, 0) is 9.84 Å². The highest BCUT2D eigenvalue weighted by atomic mass is 32.2. The fourth-order valence-electron chi connectivity index (χ4n) is 2.98. The Balaban J connectivity index is 1.60. The maximum Gasteiger partial charge on any atom is 0.295 e. The van der Waals surface area contributed by atoms with Crippen LogP contribution < -0.4 is 5.32 Å². The predicted molar refractivity (Wildman–Crippen MR) is 118 cm³/mol. The van der Waals surface area contributed by atoms with Gasteiger partial charge in [0.2, 0.25) is 5.76 Å². The molecule has 3 aromatic heterocycles. The number of aromatic nitrogens is 3. The highest BCUT2D eigenvalue weighted by Gasteiger charge is 2.22. The van der Waals surface area contributed by atoms with Crippen LogP contribution in [0.1, 0.15) is 22.0 Å². The van der Waals surface area contributed by atoms with Crippen LogP contribution >= 0.6 is 11.3 Å². The van der Waals surface area contributed by atoms with E-state index in [4.69, 9.17) is 4.42 Å². The van der Waals surface area contributed by atoms with Crippen molar-refractivity contribution >= 4 is 32.2 Å². The van der Waals surface area contributed by atoms with Crippen LogP contribution in [0.5, 0.6) is 0 Å². The number of pyridine rings is 1. The maximum absolute atomic E-state index is 12.9. The molecule has 0 aliphatic heterocycles. The van der Waals surface area contributed by atoms with Gasteiger partial charge in [-0.15, -0.1) is 11.3 Å². The minimum absolute atomic E-state index is 0.0235. The Bertz CT molecular complexity index is 1370. The van der Waals surface area contributed by atoms with Crippen LogP contribution in [0, 0.1) is 13.8 Å². The number of carbonyl (C=O) groups excluding carboxylic acids is 1. The summed E-state index contributed by atoms with van der Waals surface area (Å²) >= 11 is 1.28. The third-order valence-corrected chi connectivity index (χ3v) is 6.36. The molecule has 1 aromatic carbocycles. The Kier molecular flexibility index (Phi) is 5.42. The van der Waals surface area contributed by atoms with Gasteiger partial charge in [0, 0.05) is 30.3 Å². The molecule has 8 nitrogen and oxygen atoms in total. The van der Waals surface area contributed by atoms with Crippen molar-refractivity contribution in [3.05, 3.63) is 65.2 Å². The first kappa shape index (κ1) is 20.9. The summed E-state index contributed by atoms with van der Waals surface area (Å²) in [5.74, 6) is -0.159. The number of carbonyl (C=O) groups is 1. The Morgan fingerprint density at radius 3 is 2.48 bits per heavy atom. The summed E-state index contributed by atoms with van der Waals surface area (Å²) in [7, 11) is -3.32. The number of rotatable bonds is 5. The molecule has 0 saturated carbocycles. The van der Waals surface area contributed by atoms with Gasteiger partial charge in [0.1, 0.15) is 11.4 Å². The smallest absolute Gasteiger partial charge is 0.295 e. The van der Waals surface area contributed by atoms with E-state index in [-0.39, 0.29) is 10.7 Å². The van der Waals surface area contributed by atoms with Crippen LogP contribution in [-0.4, -0.2) is 35.5 Å². The van der Waals surface area contributed by atoms with Gasteiger partial charge in [0.15, 0.2) is 20.9 Å². The van der Waals surface area contributed by atoms with E-state index < -0.39 is 15.7 Å². The number of anilines is 1. The molecule has 0 aliphatic carbocycles. The lowest BCUT2D eigenvalue weighted by molar-refractivity contribution is 0.0996. The average molecular weight is 455 g/mol. The van der Waals surface area contributed by atoms with Crippen LogP contribution in [0.3, 0.4) is 0 Å². The summed E-state index contributed by atoms with van der Waals surface area (Å²) in [4.78, 5) is 26.1. The molecule has 0 bridgehead atoms. The SMILES string of the molecule is Cc1nc(-c2ccc(S(C)(=O)=O)cc2)c(C(=O)Nc2nc(-c3ncccc3C)cs2)o1. The number of benzene rings is 1. The summed E-state index contributed by atoms with van der Waals surface area (Å²) in [6, 6.07) is 9.92. The van der Waals surface area contributed by atoms with Gasteiger partial charge in [0.25, 0.3) is 5.91 Å². The molecule has 0 unspecified atom stereocenters. The van der Waals surface area contributed by atoms with Crippen molar-refractivity contribution in [2.45, 2.75) is 18.7 Å². The number of hydrogen-bond donors (Lipinski definition) is 1. The zero-order valence-electron chi connectivity index (χ0n) is 16.9. The molecule has 10 heteroatoms. The third-order valence-electron chi connectivity index (χ3n) is 4.47. The topological polar surface area (TPSA) is 115 Å². The number of nitrogens with zero attached hydrogens (tertiary/aromatic N) is 3. The average Bonchev–Trinajstić information content (AvgIpc) is 3.34. The quantitative estimate of drug-likeness (QED) is 0.482. The number of amides is 1. The first-order valence-electron chi connectivity index (χ1n) is 9.19. The fraction of sp³-hybridized carbons (Fsp3) is 0.143. The summed E-state index contributed by atoms with van der Waals surface area (Å²) in [5, 5.41) is 4.96. The van der Waals surface area contributed by atoms with Gasteiger partial charge in [-0.25, -0.2) is 18.4 Å². The molecule has 1 N–H and O–H groups in total. The molecule has 158 valence electrons. The largest absolute Gasteiger partial charge is 0.435 e. The van der Waals surface area contributed by atoms with E-state index in [0.717, 1.165) is 17.5 Å². The number of oxazole rings is 1. The van der Waals surface area contributed by atoms with Gasteiger partial charge in [-0.05, 0) is 30.7 Å². The van der Waals surface area contributed by atoms with Gasteiger partial charge in [-0.2, -0.15) is 0 Å².